The number of amides is 1. The van der Waals surface area contributed by atoms with Gasteiger partial charge in [-0.1, -0.05) is 30.3 Å². The van der Waals surface area contributed by atoms with Crippen LogP contribution in [0.5, 0.6) is 0 Å². The summed E-state index contributed by atoms with van der Waals surface area (Å²) >= 11 is 0. The van der Waals surface area contributed by atoms with E-state index in [1.165, 1.54) is 6.07 Å². The van der Waals surface area contributed by atoms with E-state index in [0.29, 0.717) is 31.6 Å². The number of likely N-dealkylation sites (N-methyl/N-ethyl adjacent to an activating group) is 1. The zero-order valence-corrected chi connectivity index (χ0v) is 16.3. The van der Waals surface area contributed by atoms with Crippen LogP contribution in [0.1, 0.15) is 24.0 Å². The molecule has 154 valence electrons. The molecule has 1 N–H and O–H groups in total. The minimum absolute atomic E-state index is 0.233. The van der Waals surface area contributed by atoms with Crippen molar-refractivity contribution in [2.24, 2.45) is 0 Å². The number of hydrogen-bond acceptors (Lipinski definition) is 3. The monoisotopic (exact) mass is 403 g/mol. The highest BCUT2D eigenvalue weighted by Gasteiger charge is 2.51. The van der Waals surface area contributed by atoms with Gasteiger partial charge in [-0.25, -0.2) is 0 Å². The molecule has 4 rings (SSSR count). The molecular formula is C22H24F3N3O. The molecule has 2 aromatic carbocycles. The third-order valence-electron chi connectivity index (χ3n) is 5.93. The first kappa shape index (κ1) is 19.8. The van der Waals surface area contributed by atoms with Gasteiger partial charge in [0.1, 0.15) is 0 Å². The SMILES string of the molecule is CN1CCN(c2ccc(C(F)(F)F)cc2NC(=O)C2(c3ccccc3)CC2)CC1. The summed E-state index contributed by atoms with van der Waals surface area (Å²) < 4.78 is 39.9. The number of piperazine rings is 1. The molecular weight excluding hydrogens is 379 g/mol. The molecule has 7 heteroatoms. The summed E-state index contributed by atoms with van der Waals surface area (Å²) in [5.74, 6) is -0.238. The first-order valence-electron chi connectivity index (χ1n) is 9.81. The normalized spacial score (nSPS) is 19.1. The fraction of sp³-hybridized carbons (Fsp3) is 0.409. The van der Waals surface area contributed by atoms with Crippen LogP contribution in [0.15, 0.2) is 48.5 Å². The van der Waals surface area contributed by atoms with Crippen molar-refractivity contribution in [3.8, 4) is 0 Å². The Bertz CT molecular complexity index is 886. The van der Waals surface area contributed by atoms with Crippen molar-refractivity contribution in [3.63, 3.8) is 0 Å². The van der Waals surface area contributed by atoms with Crippen LogP contribution in [-0.2, 0) is 16.4 Å². The summed E-state index contributed by atoms with van der Waals surface area (Å²) in [4.78, 5) is 17.3. The maximum Gasteiger partial charge on any atom is 0.416 e. The minimum atomic E-state index is -4.46. The van der Waals surface area contributed by atoms with Gasteiger partial charge in [0, 0.05) is 26.2 Å². The summed E-state index contributed by atoms with van der Waals surface area (Å²) in [5, 5.41) is 2.84. The Morgan fingerprint density at radius 2 is 1.66 bits per heavy atom. The van der Waals surface area contributed by atoms with Crippen LogP contribution in [0, 0.1) is 0 Å². The van der Waals surface area contributed by atoms with Gasteiger partial charge in [0.2, 0.25) is 5.91 Å². The topological polar surface area (TPSA) is 35.6 Å². The van der Waals surface area contributed by atoms with Crippen molar-refractivity contribution in [2.75, 3.05) is 43.4 Å². The van der Waals surface area contributed by atoms with E-state index in [9.17, 15) is 18.0 Å². The Hall–Kier alpha value is -2.54. The molecule has 1 saturated heterocycles. The van der Waals surface area contributed by atoms with Crippen LogP contribution in [-0.4, -0.2) is 44.0 Å². The molecule has 29 heavy (non-hydrogen) atoms. The van der Waals surface area contributed by atoms with Crippen molar-refractivity contribution in [3.05, 3.63) is 59.7 Å². The second-order valence-electron chi connectivity index (χ2n) is 7.92. The number of rotatable bonds is 4. The molecule has 0 radical (unpaired) electrons. The molecule has 0 bridgehead atoms. The first-order chi connectivity index (χ1) is 13.8. The lowest BCUT2D eigenvalue weighted by Crippen LogP contribution is -2.44. The summed E-state index contributed by atoms with van der Waals surface area (Å²) in [6.45, 7) is 3.05. The van der Waals surface area contributed by atoms with Crippen molar-refractivity contribution < 1.29 is 18.0 Å². The first-order valence-corrected chi connectivity index (χ1v) is 9.81. The van der Waals surface area contributed by atoms with Gasteiger partial charge in [0.25, 0.3) is 0 Å². The fourth-order valence-corrected chi connectivity index (χ4v) is 3.91. The highest BCUT2D eigenvalue weighted by Crippen LogP contribution is 2.49. The predicted octanol–water partition coefficient (Wildman–Crippen LogP) is 4.13. The molecule has 0 spiro atoms. The van der Waals surface area contributed by atoms with Crippen molar-refractivity contribution in [1.29, 1.82) is 0 Å². The van der Waals surface area contributed by atoms with E-state index < -0.39 is 17.2 Å². The lowest BCUT2D eigenvalue weighted by atomic mass is 9.95. The van der Waals surface area contributed by atoms with E-state index in [4.69, 9.17) is 0 Å². The van der Waals surface area contributed by atoms with Crippen LogP contribution in [0.2, 0.25) is 0 Å². The molecule has 0 atom stereocenters. The minimum Gasteiger partial charge on any atom is -0.367 e. The maximum atomic E-state index is 13.3. The number of benzene rings is 2. The van der Waals surface area contributed by atoms with E-state index in [0.717, 1.165) is 30.8 Å². The lowest BCUT2D eigenvalue weighted by Gasteiger charge is -2.35. The van der Waals surface area contributed by atoms with Gasteiger partial charge in [0.05, 0.1) is 22.4 Å². The largest absolute Gasteiger partial charge is 0.416 e. The molecule has 1 aliphatic heterocycles. The fourth-order valence-electron chi connectivity index (χ4n) is 3.91. The molecule has 4 nitrogen and oxygen atoms in total. The molecule has 1 amide bonds. The zero-order valence-electron chi connectivity index (χ0n) is 16.3. The van der Waals surface area contributed by atoms with Gasteiger partial charge in [-0.05, 0) is 43.7 Å². The molecule has 1 saturated carbocycles. The second-order valence-corrected chi connectivity index (χ2v) is 7.92. The van der Waals surface area contributed by atoms with Gasteiger partial charge in [-0.3, -0.25) is 4.79 Å². The lowest BCUT2D eigenvalue weighted by molar-refractivity contribution is -0.137. The Kier molecular flexibility index (Phi) is 5.02. The predicted molar refractivity (Wildman–Crippen MR) is 107 cm³/mol. The summed E-state index contributed by atoms with van der Waals surface area (Å²) in [7, 11) is 2.02. The molecule has 2 fully saturated rings. The van der Waals surface area contributed by atoms with Crippen LogP contribution >= 0.6 is 0 Å². The second kappa shape index (κ2) is 7.37. The third-order valence-corrected chi connectivity index (χ3v) is 5.93. The average molecular weight is 403 g/mol. The number of alkyl halides is 3. The number of nitrogens with zero attached hydrogens (tertiary/aromatic N) is 2. The number of halogens is 3. The van der Waals surface area contributed by atoms with Crippen molar-refractivity contribution in [2.45, 2.75) is 24.4 Å². The Morgan fingerprint density at radius 3 is 2.24 bits per heavy atom. The summed E-state index contributed by atoms with van der Waals surface area (Å²) in [6.07, 6.45) is -3.06. The van der Waals surface area contributed by atoms with Crippen LogP contribution in [0.3, 0.4) is 0 Å². The summed E-state index contributed by atoms with van der Waals surface area (Å²) in [6, 6.07) is 13.1. The van der Waals surface area contributed by atoms with E-state index in [1.807, 2.05) is 42.3 Å². The average Bonchev–Trinajstić information content (AvgIpc) is 3.51. The van der Waals surface area contributed by atoms with Crippen LogP contribution in [0.25, 0.3) is 0 Å². The highest BCUT2D eigenvalue weighted by atomic mass is 19.4. The van der Waals surface area contributed by atoms with Crippen LogP contribution in [0.4, 0.5) is 24.5 Å². The Morgan fingerprint density at radius 1 is 1.00 bits per heavy atom. The number of anilines is 2. The molecule has 2 aliphatic rings. The zero-order chi connectivity index (χ0) is 20.6. The van der Waals surface area contributed by atoms with E-state index in [2.05, 4.69) is 10.2 Å². The number of nitrogens with one attached hydrogen (secondary N) is 1. The Balaban J connectivity index is 1.65. The van der Waals surface area contributed by atoms with Gasteiger partial charge < -0.3 is 15.1 Å². The molecule has 1 aliphatic carbocycles. The number of carbonyl (C=O) groups excluding carboxylic acids is 1. The quantitative estimate of drug-likeness (QED) is 0.834. The van der Waals surface area contributed by atoms with Gasteiger partial charge in [-0.15, -0.1) is 0 Å². The Labute approximate surface area is 168 Å². The molecule has 0 unspecified atom stereocenters. The van der Waals surface area contributed by atoms with E-state index in [-0.39, 0.29) is 11.6 Å². The van der Waals surface area contributed by atoms with Crippen LogP contribution < -0.4 is 10.2 Å². The molecule has 1 heterocycles. The highest BCUT2D eigenvalue weighted by molar-refractivity contribution is 6.03. The van der Waals surface area contributed by atoms with Gasteiger partial charge in [0.15, 0.2) is 0 Å². The third kappa shape index (κ3) is 3.96. The molecule has 2 aromatic rings. The van der Waals surface area contributed by atoms with Crippen molar-refractivity contribution in [1.82, 2.24) is 4.90 Å². The number of carbonyl (C=O) groups is 1. The maximum absolute atomic E-state index is 13.3. The van der Waals surface area contributed by atoms with Crippen molar-refractivity contribution >= 4 is 17.3 Å². The molecule has 0 aromatic heterocycles. The smallest absolute Gasteiger partial charge is 0.367 e. The number of hydrogen-bond donors (Lipinski definition) is 1. The van der Waals surface area contributed by atoms with E-state index >= 15 is 0 Å². The van der Waals surface area contributed by atoms with E-state index in [1.54, 1.807) is 0 Å². The van der Waals surface area contributed by atoms with Gasteiger partial charge >= 0.3 is 6.18 Å². The summed E-state index contributed by atoms with van der Waals surface area (Å²) in [5.41, 5.74) is 0.385. The van der Waals surface area contributed by atoms with Gasteiger partial charge in [-0.2, -0.15) is 13.2 Å². The standard InChI is InChI=1S/C22H24F3N3O/c1-27-11-13-28(14-12-27)19-8-7-17(22(23,24)25)15-18(19)26-20(29)21(9-10-21)16-5-3-2-4-6-16/h2-8,15H,9-14H2,1H3,(H,26,29).